The zero-order chi connectivity index (χ0) is 30.2. The van der Waals surface area contributed by atoms with Crippen LogP contribution >= 0.6 is 0 Å². The first-order valence-corrected chi connectivity index (χ1v) is 17.0. The second kappa shape index (κ2) is 14.1. The second-order valence-corrected chi connectivity index (χ2v) is 16.7. The number of benzene rings is 2. The molecule has 0 aliphatic heterocycles. The standard InChI is InChI=1S/C33H45NO6Si/c1-23-28(37-5)19-26(20-29(23)38-6)32(40-41(7,8)33(2,3)4)30(39-17-16-24-12-10-9-11-13-24)21-27-15-14-25(22-34-27)18-31(35)36/h9-15,19-20,22,30,32H,16-18,21H2,1-8H3,(H,35,36)/t30-,32+/m0/s1. The highest BCUT2D eigenvalue weighted by molar-refractivity contribution is 6.74. The number of hydrogen-bond donors (Lipinski definition) is 1. The number of carbonyl (C=O) groups is 1. The lowest BCUT2D eigenvalue weighted by Gasteiger charge is -2.41. The van der Waals surface area contributed by atoms with Gasteiger partial charge in [0.15, 0.2) is 8.32 Å². The normalized spacial score (nSPS) is 13.5. The third-order valence-corrected chi connectivity index (χ3v) is 12.3. The summed E-state index contributed by atoms with van der Waals surface area (Å²) >= 11 is 0. The van der Waals surface area contributed by atoms with Crippen molar-refractivity contribution in [2.45, 2.75) is 77.3 Å². The molecule has 0 aliphatic carbocycles. The maximum absolute atomic E-state index is 11.2. The van der Waals surface area contributed by atoms with Crippen LogP contribution in [-0.4, -0.2) is 51.3 Å². The van der Waals surface area contributed by atoms with Crippen molar-refractivity contribution in [1.82, 2.24) is 4.98 Å². The fourth-order valence-electron chi connectivity index (χ4n) is 4.41. The van der Waals surface area contributed by atoms with E-state index in [0.29, 0.717) is 18.6 Å². The number of aromatic nitrogens is 1. The Morgan fingerprint density at radius 1 is 0.976 bits per heavy atom. The first-order valence-electron chi connectivity index (χ1n) is 14.1. The molecule has 0 unspecified atom stereocenters. The van der Waals surface area contributed by atoms with Crippen LogP contribution in [0.2, 0.25) is 18.1 Å². The van der Waals surface area contributed by atoms with E-state index in [-0.39, 0.29) is 17.6 Å². The van der Waals surface area contributed by atoms with Crippen LogP contribution in [0.4, 0.5) is 0 Å². The number of hydrogen-bond acceptors (Lipinski definition) is 6. The Kier molecular flexibility index (Phi) is 11.1. The largest absolute Gasteiger partial charge is 0.496 e. The minimum Gasteiger partial charge on any atom is -0.496 e. The van der Waals surface area contributed by atoms with Crippen molar-refractivity contribution in [2.75, 3.05) is 20.8 Å². The van der Waals surface area contributed by atoms with Gasteiger partial charge in [-0.15, -0.1) is 0 Å². The van der Waals surface area contributed by atoms with E-state index in [0.717, 1.165) is 34.7 Å². The number of methoxy groups -OCH3 is 2. The van der Waals surface area contributed by atoms with Crippen LogP contribution in [0.25, 0.3) is 0 Å². The first kappa shape index (κ1) is 32.3. The molecule has 0 radical (unpaired) electrons. The first-order chi connectivity index (χ1) is 19.3. The quantitative estimate of drug-likeness (QED) is 0.206. The molecule has 0 bridgehead atoms. The van der Waals surface area contributed by atoms with Crippen molar-refractivity contribution in [1.29, 1.82) is 0 Å². The van der Waals surface area contributed by atoms with Gasteiger partial charge < -0.3 is 23.7 Å². The van der Waals surface area contributed by atoms with Gasteiger partial charge in [0, 0.05) is 23.9 Å². The van der Waals surface area contributed by atoms with E-state index in [1.807, 2.05) is 49.4 Å². The number of pyridine rings is 1. The molecule has 1 heterocycles. The number of carboxylic acids is 1. The minimum atomic E-state index is -2.28. The van der Waals surface area contributed by atoms with Crippen LogP contribution in [0.1, 0.15) is 54.8 Å². The predicted molar refractivity (Wildman–Crippen MR) is 164 cm³/mol. The van der Waals surface area contributed by atoms with Crippen LogP contribution < -0.4 is 9.47 Å². The van der Waals surface area contributed by atoms with Gasteiger partial charge in [0.05, 0.1) is 39.5 Å². The number of nitrogens with zero attached hydrogens (tertiary/aromatic N) is 1. The summed E-state index contributed by atoms with van der Waals surface area (Å²) in [6.07, 6.45) is 2.02. The average molecular weight is 580 g/mol. The minimum absolute atomic E-state index is 0.0323. The van der Waals surface area contributed by atoms with Gasteiger partial charge in [-0.3, -0.25) is 9.78 Å². The lowest BCUT2D eigenvalue weighted by atomic mass is 9.98. The number of carboxylic acid groups (broad SMARTS) is 1. The van der Waals surface area contributed by atoms with Gasteiger partial charge in [0.1, 0.15) is 11.5 Å². The molecule has 0 saturated carbocycles. The van der Waals surface area contributed by atoms with E-state index in [2.05, 4.69) is 51.0 Å². The average Bonchev–Trinajstić information content (AvgIpc) is 2.92. The van der Waals surface area contributed by atoms with E-state index in [1.165, 1.54) is 5.56 Å². The van der Waals surface area contributed by atoms with Crippen molar-refractivity contribution >= 4 is 14.3 Å². The molecule has 1 aromatic heterocycles. The molecule has 2 atom stereocenters. The maximum Gasteiger partial charge on any atom is 0.307 e. The van der Waals surface area contributed by atoms with Crippen molar-refractivity contribution in [3.63, 3.8) is 0 Å². The third-order valence-electron chi connectivity index (χ3n) is 7.89. The smallest absolute Gasteiger partial charge is 0.307 e. The molecule has 0 amide bonds. The van der Waals surface area contributed by atoms with Gasteiger partial charge in [0.25, 0.3) is 0 Å². The molecular weight excluding hydrogens is 534 g/mol. The molecule has 0 saturated heterocycles. The summed E-state index contributed by atoms with van der Waals surface area (Å²) in [5.74, 6) is 0.566. The van der Waals surface area contributed by atoms with Gasteiger partial charge in [0.2, 0.25) is 0 Å². The second-order valence-electron chi connectivity index (χ2n) is 11.9. The van der Waals surface area contributed by atoms with E-state index >= 15 is 0 Å². The fourth-order valence-corrected chi connectivity index (χ4v) is 5.69. The topological polar surface area (TPSA) is 87.1 Å². The molecule has 0 spiro atoms. The van der Waals surface area contributed by atoms with E-state index in [4.69, 9.17) is 23.7 Å². The molecule has 41 heavy (non-hydrogen) atoms. The SMILES string of the molecule is COc1cc([C@@H](O[Si](C)(C)C(C)(C)C)[C@H](Cc2ccc(CC(=O)O)cn2)OCCc2ccccc2)cc(OC)c1C. The van der Waals surface area contributed by atoms with Gasteiger partial charge in [-0.1, -0.05) is 57.2 Å². The van der Waals surface area contributed by atoms with Gasteiger partial charge >= 0.3 is 5.97 Å². The molecular formula is C33H45NO6Si. The lowest BCUT2D eigenvalue weighted by molar-refractivity contribution is -0.136. The van der Waals surface area contributed by atoms with Crippen molar-refractivity contribution < 1.29 is 28.5 Å². The molecule has 3 aromatic rings. The fraction of sp³-hybridized carbons (Fsp3) is 0.455. The van der Waals surface area contributed by atoms with Gasteiger partial charge in [-0.2, -0.15) is 0 Å². The van der Waals surface area contributed by atoms with Gasteiger partial charge in [-0.05, 0) is 66.4 Å². The lowest BCUT2D eigenvalue weighted by Crippen LogP contribution is -2.45. The van der Waals surface area contributed by atoms with E-state index < -0.39 is 20.4 Å². The molecule has 2 aromatic carbocycles. The molecule has 7 nitrogen and oxygen atoms in total. The summed E-state index contributed by atoms with van der Waals surface area (Å²) < 4.78 is 25.3. The van der Waals surface area contributed by atoms with Gasteiger partial charge in [-0.25, -0.2) is 0 Å². The summed E-state index contributed by atoms with van der Waals surface area (Å²) in [7, 11) is 1.04. The summed E-state index contributed by atoms with van der Waals surface area (Å²) in [6, 6.07) is 18.0. The summed E-state index contributed by atoms with van der Waals surface area (Å²) in [6.45, 7) is 13.6. The Labute approximate surface area is 246 Å². The molecule has 1 N–H and O–H groups in total. The maximum atomic E-state index is 11.2. The third kappa shape index (κ3) is 8.89. The molecule has 8 heteroatoms. The molecule has 3 rings (SSSR count). The Morgan fingerprint density at radius 2 is 1.61 bits per heavy atom. The van der Waals surface area contributed by atoms with Crippen LogP contribution in [0, 0.1) is 6.92 Å². The zero-order valence-corrected chi connectivity index (χ0v) is 26.7. The number of ether oxygens (including phenoxy) is 3. The van der Waals surface area contributed by atoms with Crippen molar-refractivity contribution in [2.24, 2.45) is 0 Å². The summed E-state index contributed by atoms with van der Waals surface area (Å²) in [4.78, 5) is 15.8. The number of rotatable bonds is 14. The van der Waals surface area contributed by atoms with Crippen LogP contribution in [0.15, 0.2) is 60.8 Å². The Balaban J connectivity index is 2.05. The Morgan fingerprint density at radius 3 is 2.12 bits per heavy atom. The van der Waals surface area contributed by atoms with Crippen molar-refractivity contribution in [3.8, 4) is 11.5 Å². The predicted octanol–water partition coefficient (Wildman–Crippen LogP) is 6.97. The highest BCUT2D eigenvalue weighted by atomic mass is 28.4. The molecule has 0 fully saturated rings. The highest BCUT2D eigenvalue weighted by Gasteiger charge is 2.42. The monoisotopic (exact) mass is 579 g/mol. The van der Waals surface area contributed by atoms with E-state index in [9.17, 15) is 4.79 Å². The van der Waals surface area contributed by atoms with Crippen LogP contribution in [0.3, 0.4) is 0 Å². The van der Waals surface area contributed by atoms with Crippen molar-refractivity contribution in [3.05, 3.63) is 88.7 Å². The Bertz CT molecular complexity index is 1250. The zero-order valence-electron chi connectivity index (χ0n) is 25.7. The molecule has 0 aliphatic rings. The van der Waals surface area contributed by atoms with Crippen LogP contribution in [0.5, 0.6) is 11.5 Å². The summed E-state index contributed by atoms with van der Waals surface area (Å²) in [5.41, 5.74) is 4.50. The highest BCUT2D eigenvalue weighted by Crippen LogP contribution is 2.43. The molecule has 222 valence electrons. The van der Waals surface area contributed by atoms with Crippen LogP contribution in [-0.2, 0) is 33.2 Å². The summed E-state index contributed by atoms with van der Waals surface area (Å²) in [5, 5.41) is 9.14. The van der Waals surface area contributed by atoms with E-state index in [1.54, 1.807) is 20.4 Å². The Hall–Kier alpha value is -3.20. The number of aliphatic carboxylic acids is 1.